The second kappa shape index (κ2) is 11.2. The van der Waals surface area contributed by atoms with E-state index in [-0.39, 0.29) is 18.6 Å². The van der Waals surface area contributed by atoms with Gasteiger partial charge in [0.2, 0.25) is 17.6 Å². The van der Waals surface area contributed by atoms with Crippen LogP contribution < -0.4 is 0 Å². The van der Waals surface area contributed by atoms with Crippen LogP contribution in [0.4, 0.5) is 0 Å². The third-order valence-corrected chi connectivity index (χ3v) is 5.47. The number of benzene rings is 3. The average molecular weight is 442 g/mol. The standard InChI is InChI=1S/C27H27N3O3/c1-21(23-13-7-3-8-14-23)30(26(31)20-32-19-22-11-5-2-6-12-22)18-17-25-28-27(29-33-25)24-15-9-4-10-16-24/h2-16,21H,17-20H2,1H3/t21-/m1/s1. The summed E-state index contributed by atoms with van der Waals surface area (Å²) >= 11 is 0. The van der Waals surface area contributed by atoms with Crippen LogP contribution in [0.1, 0.15) is 30.0 Å². The van der Waals surface area contributed by atoms with Crippen molar-refractivity contribution in [1.82, 2.24) is 15.0 Å². The fraction of sp³-hybridized carbons (Fsp3) is 0.222. The Morgan fingerprint density at radius 2 is 1.58 bits per heavy atom. The van der Waals surface area contributed by atoms with Gasteiger partial charge in [-0.3, -0.25) is 4.79 Å². The topological polar surface area (TPSA) is 68.5 Å². The monoisotopic (exact) mass is 441 g/mol. The predicted octanol–water partition coefficient (Wildman–Crippen LogP) is 5.09. The van der Waals surface area contributed by atoms with Crippen molar-refractivity contribution in [2.24, 2.45) is 0 Å². The molecule has 0 saturated heterocycles. The molecule has 0 radical (unpaired) electrons. The summed E-state index contributed by atoms with van der Waals surface area (Å²) in [7, 11) is 0. The number of aromatic nitrogens is 2. The Bertz CT molecular complexity index is 1130. The number of hydrogen-bond acceptors (Lipinski definition) is 5. The van der Waals surface area contributed by atoms with Gasteiger partial charge in [0.15, 0.2) is 0 Å². The summed E-state index contributed by atoms with van der Waals surface area (Å²) in [4.78, 5) is 19.4. The van der Waals surface area contributed by atoms with Crippen LogP contribution in [0.15, 0.2) is 95.5 Å². The lowest BCUT2D eigenvalue weighted by Crippen LogP contribution is -2.37. The number of rotatable bonds is 10. The molecule has 0 aliphatic heterocycles. The van der Waals surface area contributed by atoms with Crippen molar-refractivity contribution in [3.05, 3.63) is 108 Å². The Labute approximate surface area is 193 Å². The number of ether oxygens (including phenoxy) is 1. The summed E-state index contributed by atoms with van der Waals surface area (Å²) in [6.45, 7) is 2.86. The molecule has 1 amide bonds. The normalized spacial score (nSPS) is 11.8. The summed E-state index contributed by atoms with van der Waals surface area (Å²) in [5.41, 5.74) is 2.99. The van der Waals surface area contributed by atoms with E-state index in [0.29, 0.717) is 31.3 Å². The average Bonchev–Trinajstić information content (AvgIpc) is 3.35. The number of carbonyl (C=O) groups is 1. The van der Waals surface area contributed by atoms with Crippen LogP contribution in [-0.4, -0.2) is 34.1 Å². The van der Waals surface area contributed by atoms with Gasteiger partial charge in [-0.2, -0.15) is 4.98 Å². The summed E-state index contributed by atoms with van der Waals surface area (Å²) in [5.74, 6) is 0.966. The van der Waals surface area contributed by atoms with Gasteiger partial charge in [0, 0.05) is 18.5 Å². The zero-order valence-corrected chi connectivity index (χ0v) is 18.6. The third-order valence-electron chi connectivity index (χ3n) is 5.47. The maximum absolute atomic E-state index is 13.1. The lowest BCUT2D eigenvalue weighted by atomic mass is 10.1. The number of carbonyl (C=O) groups excluding carboxylic acids is 1. The second-order valence-corrected chi connectivity index (χ2v) is 7.78. The van der Waals surface area contributed by atoms with Crippen LogP contribution >= 0.6 is 0 Å². The first-order valence-corrected chi connectivity index (χ1v) is 11.0. The molecule has 0 unspecified atom stereocenters. The third kappa shape index (κ3) is 6.14. The van der Waals surface area contributed by atoms with E-state index in [9.17, 15) is 4.79 Å². The van der Waals surface area contributed by atoms with E-state index < -0.39 is 0 Å². The van der Waals surface area contributed by atoms with Crippen molar-refractivity contribution in [3.8, 4) is 11.4 Å². The maximum Gasteiger partial charge on any atom is 0.249 e. The molecule has 33 heavy (non-hydrogen) atoms. The first-order valence-electron chi connectivity index (χ1n) is 11.0. The smallest absolute Gasteiger partial charge is 0.249 e. The van der Waals surface area contributed by atoms with Gasteiger partial charge in [0.05, 0.1) is 12.6 Å². The first kappa shape index (κ1) is 22.4. The lowest BCUT2D eigenvalue weighted by molar-refractivity contribution is -0.138. The zero-order chi connectivity index (χ0) is 22.9. The molecule has 0 spiro atoms. The van der Waals surface area contributed by atoms with E-state index in [1.165, 1.54) is 0 Å². The van der Waals surface area contributed by atoms with Gasteiger partial charge in [-0.05, 0) is 18.1 Å². The summed E-state index contributed by atoms with van der Waals surface area (Å²) in [5, 5.41) is 4.08. The Balaban J connectivity index is 1.42. The molecule has 0 aliphatic carbocycles. The molecule has 1 atom stereocenters. The molecule has 4 rings (SSSR count). The number of amides is 1. The Hall–Kier alpha value is -3.77. The van der Waals surface area contributed by atoms with E-state index in [1.807, 2.05) is 103 Å². The van der Waals surface area contributed by atoms with Crippen molar-refractivity contribution in [2.45, 2.75) is 26.0 Å². The Kier molecular flexibility index (Phi) is 7.61. The highest BCUT2D eigenvalue weighted by Crippen LogP contribution is 2.21. The molecule has 0 saturated carbocycles. The molecule has 1 aromatic heterocycles. The van der Waals surface area contributed by atoms with Gasteiger partial charge in [0.1, 0.15) is 6.61 Å². The van der Waals surface area contributed by atoms with Gasteiger partial charge in [-0.15, -0.1) is 0 Å². The molecule has 4 aromatic rings. The van der Waals surface area contributed by atoms with E-state index in [2.05, 4.69) is 10.1 Å². The zero-order valence-electron chi connectivity index (χ0n) is 18.6. The largest absolute Gasteiger partial charge is 0.367 e. The maximum atomic E-state index is 13.1. The fourth-order valence-electron chi connectivity index (χ4n) is 3.64. The van der Waals surface area contributed by atoms with Crippen LogP contribution in [0.25, 0.3) is 11.4 Å². The molecule has 0 bridgehead atoms. The van der Waals surface area contributed by atoms with Crippen molar-refractivity contribution in [3.63, 3.8) is 0 Å². The molecule has 168 valence electrons. The van der Waals surface area contributed by atoms with Gasteiger partial charge in [-0.25, -0.2) is 0 Å². The predicted molar refractivity (Wildman–Crippen MR) is 126 cm³/mol. The quantitative estimate of drug-likeness (QED) is 0.343. The molecule has 0 fully saturated rings. The highest BCUT2D eigenvalue weighted by molar-refractivity contribution is 5.78. The van der Waals surface area contributed by atoms with Crippen LogP contribution in [0.5, 0.6) is 0 Å². The van der Waals surface area contributed by atoms with E-state index in [0.717, 1.165) is 16.7 Å². The van der Waals surface area contributed by atoms with E-state index >= 15 is 0 Å². The highest BCUT2D eigenvalue weighted by atomic mass is 16.5. The van der Waals surface area contributed by atoms with Gasteiger partial charge < -0.3 is 14.2 Å². The fourth-order valence-corrected chi connectivity index (χ4v) is 3.64. The molecular weight excluding hydrogens is 414 g/mol. The van der Waals surface area contributed by atoms with Crippen LogP contribution in [0.2, 0.25) is 0 Å². The van der Waals surface area contributed by atoms with Crippen LogP contribution in [0.3, 0.4) is 0 Å². The molecule has 0 N–H and O–H groups in total. The molecule has 6 heteroatoms. The number of nitrogens with zero attached hydrogens (tertiary/aromatic N) is 3. The summed E-state index contributed by atoms with van der Waals surface area (Å²) < 4.78 is 11.2. The van der Waals surface area contributed by atoms with E-state index in [4.69, 9.17) is 9.26 Å². The molecule has 1 heterocycles. The Morgan fingerprint density at radius 1 is 0.939 bits per heavy atom. The molecule has 0 aliphatic rings. The van der Waals surface area contributed by atoms with Crippen LogP contribution in [-0.2, 0) is 22.6 Å². The lowest BCUT2D eigenvalue weighted by Gasteiger charge is -2.29. The van der Waals surface area contributed by atoms with E-state index in [1.54, 1.807) is 0 Å². The van der Waals surface area contributed by atoms with Gasteiger partial charge in [0.25, 0.3) is 0 Å². The van der Waals surface area contributed by atoms with Crippen molar-refractivity contribution in [2.75, 3.05) is 13.2 Å². The Morgan fingerprint density at radius 3 is 2.27 bits per heavy atom. The minimum Gasteiger partial charge on any atom is -0.367 e. The first-order chi connectivity index (χ1) is 16.2. The molecule has 6 nitrogen and oxygen atoms in total. The van der Waals surface area contributed by atoms with Crippen molar-refractivity contribution < 1.29 is 14.1 Å². The molecule has 3 aromatic carbocycles. The van der Waals surface area contributed by atoms with Crippen molar-refractivity contribution in [1.29, 1.82) is 0 Å². The van der Waals surface area contributed by atoms with Gasteiger partial charge in [-0.1, -0.05) is 96.2 Å². The minimum atomic E-state index is -0.115. The SMILES string of the molecule is C[C@H](c1ccccc1)N(CCc1nc(-c2ccccc2)no1)C(=O)COCc1ccccc1. The van der Waals surface area contributed by atoms with Gasteiger partial charge >= 0.3 is 0 Å². The summed E-state index contributed by atoms with van der Waals surface area (Å²) in [6.07, 6.45) is 0.460. The van der Waals surface area contributed by atoms with Crippen LogP contribution in [0, 0.1) is 0 Å². The van der Waals surface area contributed by atoms with Crippen molar-refractivity contribution >= 4 is 5.91 Å². The summed E-state index contributed by atoms with van der Waals surface area (Å²) in [6, 6.07) is 29.4. The number of hydrogen-bond donors (Lipinski definition) is 0. The molecular formula is C27H27N3O3. The highest BCUT2D eigenvalue weighted by Gasteiger charge is 2.22. The second-order valence-electron chi connectivity index (χ2n) is 7.78. The minimum absolute atomic E-state index is 0.00513.